The van der Waals surface area contributed by atoms with Crippen LogP contribution in [0.4, 0.5) is 30.7 Å². The molecule has 0 aliphatic carbocycles. The second-order valence-corrected chi connectivity index (χ2v) is 8.70. The minimum atomic E-state index is -4.73. The zero-order chi connectivity index (χ0) is 26.5. The first kappa shape index (κ1) is 25.4. The lowest BCUT2D eigenvalue weighted by molar-refractivity contribution is -0.138. The van der Waals surface area contributed by atoms with Gasteiger partial charge in [0.25, 0.3) is 0 Å². The number of rotatable bonds is 4. The van der Waals surface area contributed by atoms with Gasteiger partial charge in [-0.05, 0) is 61.4 Å². The van der Waals surface area contributed by atoms with Gasteiger partial charge < -0.3 is 5.11 Å². The standard InChI is InChI=1S/C26H19F7N2O/c1-24(2,36)22-14-35(23(34-22)20-5-3-4-6-21(20)26(31,32)33)19-9-7-15(8-10-19)16-11-17(25(28,29)30)13-18(27)12-16/h3-14,36H,1-2H3. The molecule has 0 fully saturated rings. The van der Waals surface area contributed by atoms with Gasteiger partial charge in [0.1, 0.15) is 17.2 Å². The monoisotopic (exact) mass is 508 g/mol. The second-order valence-electron chi connectivity index (χ2n) is 8.70. The molecule has 0 spiro atoms. The average molecular weight is 508 g/mol. The van der Waals surface area contributed by atoms with E-state index in [1.165, 1.54) is 67.1 Å². The molecule has 3 aromatic carbocycles. The Balaban J connectivity index is 1.84. The minimum Gasteiger partial charge on any atom is -0.384 e. The van der Waals surface area contributed by atoms with Gasteiger partial charge in [0.2, 0.25) is 0 Å². The fourth-order valence-electron chi connectivity index (χ4n) is 3.72. The van der Waals surface area contributed by atoms with E-state index in [0.29, 0.717) is 11.8 Å². The summed E-state index contributed by atoms with van der Waals surface area (Å²) >= 11 is 0. The minimum absolute atomic E-state index is 0.0145. The zero-order valence-corrected chi connectivity index (χ0v) is 18.9. The van der Waals surface area contributed by atoms with Crippen LogP contribution in [0.15, 0.2) is 72.9 Å². The maximum absolute atomic E-state index is 13.8. The Kier molecular flexibility index (Phi) is 6.20. The van der Waals surface area contributed by atoms with Gasteiger partial charge in [-0.15, -0.1) is 0 Å². The first-order valence-corrected chi connectivity index (χ1v) is 10.6. The van der Waals surface area contributed by atoms with Gasteiger partial charge in [-0.25, -0.2) is 9.37 Å². The molecule has 1 heterocycles. The van der Waals surface area contributed by atoms with E-state index in [0.717, 1.165) is 18.2 Å². The Labute approximate surface area is 201 Å². The van der Waals surface area contributed by atoms with E-state index in [-0.39, 0.29) is 28.2 Å². The summed E-state index contributed by atoms with van der Waals surface area (Å²) in [4.78, 5) is 4.27. The van der Waals surface area contributed by atoms with E-state index < -0.39 is 34.9 Å². The summed E-state index contributed by atoms with van der Waals surface area (Å²) < 4.78 is 95.6. The van der Waals surface area contributed by atoms with Gasteiger partial charge >= 0.3 is 12.4 Å². The van der Waals surface area contributed by atoms with E-state index in [4.69, 9.17) is 0 Å². The number of alkyl halides is 6. The lowest BCUT2D eigenvalue weighted by Gasteiger charge is -2.14. The molecule has 0 radical (unpaired) electrons. The number of benzene rings is 3. The molecule has 0 atom stereocenters. The number of nitrogens with zero attached hydrogens (tertiary/aromatic N) is 2. The third-order valence-electron chi connectivity index (χ3n) is 5.51. The molecule has 0 aliphatic rings. The van der Waals surface area contributed by atoms with E-state index in [9.17, 15) is 35.8 Å². The number of hydrogen-bond donors (Lipinski definition) is 1. The molecule has 1 N–H and O–H groups in total. The Hall–Kier alpha value is -3.66. The fraction of sp³-hybridized carbons (Fsp3) is 0.192. The van der Waals surface area contributed by atoms with Crippen molar-refractivity contribution >= 4 is 0 Å². The van der Waals surface area contributed by atoms with Crippen LogP contribution in [-0.2, 0) is 18.0 Å². The van der Waals surface area contributed by atoms with E-state index in [2.05, 4.69) is 4.98 Å². The fourth-order valence-corrected chi connectivity index (χ4v) is 3.72. The van der Waals surface area contributed by atoms with Gasteiger partial charge in [0, 0.05) is 17.4 Å². The highest BCUT2D eigenvalue weighted by Crippen LogP contribution is 2.39. The summed E-state index contributed by atoms with van der Waals surface area (Å²) in [7, 11) is 0. The number of aromatic nitrogens is 2. The second kappa shape index (κ2) is 8.77. The Morgan fingerprint density at radius 1 is 0.778 bits per heavy atom. The SMILES string of the molecule is CC(C)(O)c1cn(-c2ccc(-c3cc(F)cc(C(F)(F)F)c3)cc2)c(-c2ccccc2C(F)(F)F)n1. The molecule has 4 rings (SSSR count). The molecule has 0 amide bonds. The number of aliphatic hydroxyl groups is 1. The van der Waals surface area contributed by atoms with Crippen molar-refractivity contribution in [2.45, 2.75) is 31.8 Å². The van der Waals surface area contributed by atoms with Crippen molar-refractivity contribution in [1.29, 1.82) is 0 Å². The van der Waals surface area contributed by atoms with Crippen LogP contribution in [0.5, 0.6) is 0 Å². The van der Waals surface area contributed by atoms with Crippen LogP contribution < -0.4 is 0 Å². The van der Waals surface area contributed by atoms with Gasteiger partial charge in [-0.3, -0.25) is 4.57 Å². The smallest absolute Gasteiger partial charge is 0.384 e. The molecule has 0 bridgehead atoms. The molecular formula is C26H19F7N2O. The summed E-state index contributed by atoms with van der Waals surface area (Å²) in [6.45, 7) is 2.87. The summed E-state index contributed by atoms with van der Waals surface area (Å²) in [6, 6.07) is 12.8. The molecule has 36 heavy (non-hydrogen) atoms. The molecular weight excluding hydrogens is 489 g/mol. The number of imidazole rings is 1. The maximum atomic E-state index is 13.8. The molecule has 0 saturated heterocycles. The first-order valence-electron chi connectivity index (χ1n) is 10.6. The topological polar surface area (TPSA) is 38.0 Å². The summed E-state index contributed by atoms with van der Waals surface area (Å²) in [5.74, 6) is -1.14. The van der Waals surface area contributed by atoms with Crippen LogP contribution in [0.1, 0.15) is 30.7 Å². The van der Waals surface area contributed by atoms with Crippen LogP contribution in [-0.4, -0.2) is 14.7 Å². The quantitative estimate of drug-likeness (QED) is 0.288. The van der Waals surface area contributed by atoms with Gasteiger partial charge in [0.05, 0.1) is 16.8 Å². The van der Waals surface area contributed by atoms with Crippen molar-refractivity contribution in [3.05, 3.63) is 95.6 Å². The third kappa shape index (κ3) is 5.13. The lowest BCUT2D eigenvalue weighted by atomic mass is 10.0. The van der Waals surface area contributed by atoms with Gasteiger partial charge in [-0.2, -0.15) is 26.3 Å². The van der Waals surface area contributed by atoms with Crippen LogP contribution in [0.3, 0.4) is 0 Å². The van der Waals surface area contributed by atoms with E-state index in [1.807, 2.05) is 0 Å². The molecule has 10 heteroatoms. The van der Waals surface area contributed by atoms with Crippen LogP contribution in [0, 0.1) is 5.82 Å². The van der Waals surface area contributed by atoms with Crippen molar-refractivity contribution in [2.75, 3.05) is 0 Å². The molecule has 0 saturated carbocycles. The van der Waals surface area contributed by atoms with E-state index in [1.54, 1.807) is 0 Å². The normalized spacial score (nSPS) is 12.7. The summed E-state index contributed by atoms with van der Waals surface area (Å²) in [5.41, 5.74) is -3.05. The van der Waals surface area contributed by atoms with Crippen molar-refractivity contribution < 1.29 is 35.8 Å². The average Bonchev–Trinajstić information content (AvgIpc) is 3.24. The first-order chi connectivity index (χ1) is 16.6. The Morgan fingerprint density at radius 2 is 1.42 bits per heavy atom. The lowest BCUT2D eigenvalue weighted by Crippen LogP contribution is -2.15. The van der Waals surface area contributed by atoms with Crippen LogP contribution in [0.25, 0.3) is 28.2 Å². The Morgan fingerprint density at radius 3 is 2.00 bits per heavy atom. The molecule has 4 aromatic rings. The highest BCUT2D eigenvalue weighted by atomic mass is 19.4. The van der Waals surface area contributed by atoms with Gasteiger partial charge in [-0.1, -0.05) is 30.3 Å². The van der Waals surface area contributed by atoms with Crippen LogP contribution >= 0.6 is 0 Å². The summed E-state index contributed by atoms with van der Waals surface area (Å²) in [5, 5.41) is 10.4. The molecule has 0 unspecified atom stereocenters. The van der Waals surface area contributed by atoms with Crippen molar-refractivity contribution in [3.8, 4) is 28.2 Å². The third-order valence-corrected chi connectivity index (χ3v) is 5.51. The zero-order valence-electron chi connectivity index (χ0n) is 18.9. The Bertz CT molecular complexity index is 1400. The number of halogens is 7. The summed E-state index contributed by atoms with van der Waals surface area (Å²) in [6.07, 6.45) is -8.01. The largest absolute Gasteiger partial charge is 0.417 e. The molecule has 0 aliphatic heterocycles. The predicted octanol–water partition coefficient (Wildman–Crippen LogP) is 7.61. The van der Waals surface area contributed by atoms with Gasteiger partial charge in [0.15, 0.2) is 0 Å². The highest BCUT2D eigenvalue weighted by molar-refractivity contribution is 5.68. The predicted molar refractivity (Wildman–Crippen MR) is 120 cm³/mol. The van der Waals surface area contributed by atoms with E-state index >= 15 is 0 Å². The molecule has 3 nitrogen and oxygen atoms in total. The van der Waals surface area contributed by atoms with Crippen molar-refractivity contribution in [3.63, 3.8) is 0 Å². The number of hydrogen-bond acceptors (Lipinski definition) is 2. The maximum Gasteiger partial charge on any atom is 0.417 e. The molecule has 188 valence electrons. The molecule has 1 aromatic heterocycles. The van der Waals surface area contributed by atoms with Crippen molar-refractivity contribution in [1.82, 2.24) is 9.55 Å². The van der Waals surface area contributed by atoms with Crippen molar-refractivity contribution in [2.24, 2.45) is 0 Å². The highest BCUT2D eigenvalue weighted by Gasteiger charge is 2.35. The van der Waals surface area contributed by atoms with Crippen LogP contribution in [0.2, 0.25) is 0 Å².